The van der Waals surface area contributed by atoms with E-state index in [1.54, 1.807) is 16.2 Å². The van der Waals surface area contributed by atoms with Crippen LogP contribution in [0, 0.1) is 0 Å². The number of amides is 1. The topological polar surface area (TPSA) is 58.4 Å². The minimum atomic E-state index is -4.56. The van der Waals surface area contributed by atoms with Crippen LogP contribution in [0.25, 0.3) is 0 Å². The maximum Gasteiger partial charge on any atom is 0.417 e. The van der Waals surface area contributed by atoms with Crippen LogP contribution >= 0.6 is 11.3 Å². The van der Waals surface area contributed by atoms with Crippen molar-refractivity contribution >= 4 is 17.2 Å². The summed E-state index contributed by atoms with van der Waals surface area (Å²) in [5, 5.41) is 3.13. The molecule has 1 aliphatic heterocycles. The van der Waals surface area contributed by atoms with Crippen LogP contribution in [0.2, 0.25) is 0 Å². The number of pyridine rings is 1. The van der Waals surface area contributed by atoms with E-state index in [-0.39, 0.29) is 5.91 Å². The smallest absolute Gasteiger partial charge is 0.339 e. The van der Waals surface area contributed by atoms with Crippen molar-refractivity contribution in [3.63, 3.8) is 0 Å². The predicted octanol–water partition coefficient (Wildman–Crippen LogP) is 2.23. The highest BCUT2D eigenvalue weighted by atomic mass is 32.1. The molecule has 0 radical (unpaired) electrons. The Hall–Kier alpha value is -2.20. The standard InChI is InChI=1S/C18H21F3N4O2S/c1-2-15-22-14(12-28-15)10-23-5-7-24(8-6-23)17(27)11-25-9-13(18(19,20)21)3-4-16(25)26/h3-4,9,12H,2,5-8,10-11H2,1H3. The molecule has 1 fully saturated rings. The van der Waals surface area contributed by atoms with E-state index in [9.17, 15) is 22.8 Å². The average molecular weight is 414 g/mol. The number of carbonyl (C=O) groups is 1. The molecule has 0 spiro atoms. The van der Waals surface area contributed by atoms with Gasteiger partial charge in [0.25, 0.3) is 5.56 Å². The molecule has 2 aromatic rings. The third kappa shape index (κ3) is 4.99. The Morgan fingerprint density at radius 2 is 1.93 bits per heavy atom. The molecular formula is C18H21F3N4O2S. The molecule has 1 amide bonds. The van der Waals surface area contributed by atoms with Gasteiger partial charge in [-0.2, -0.15) is 13.2 Å². The number of halogens is 3. The van der Waals surface area contributed by atoms with Gasteiger partial charge in [0.05, 0.1) is 16.3 Å². The quantitative estimate of drug-likeness (QED) is 0.753. The lowest BCUT2D eigenvalue weighted by atomic mass is 10.2. The fourth-order valence-corrected chi connectivity index (χ4v) is 3.77. The van der Waals surface area contributed by atoms with Gasteiger partial charge in [-0.05, 0) is 12.5 Å². The molecular weight excluding hydrogens is 393 g/mol. The summed E-state index contributed by atoms with van der Waals surface area (Å²) in [5.41, 5.74) is -0.563. The number of aryl methyl sites for hydroxylation is 1. The van der Waals surface area contributed by atoms with Crippen LogP contribution in [-0.4, -0.2) is 51.4 Å². The summed E-state index contributed by atoms with van der Waals surface area (Å²) in [6.07, 6.45) is -2.96. The van der Waals surface area contributed by atoms with Gasteiger partial charge < -0.3 is 9.47 Å². The molecule has 1 saturated heterocycles. The summed E-state index contributed by atoms with van der Waals surface area (Å²) in [6, 6.07) is 1.57. The van der Waals surface area contributed by atoms with Crippen LogP contribution in [0.1, 0.15) is 23.2 Å². The fourth-order valence-electron chi connectivity index (χ4n) is 3.04. The number of alkyl halides is 3. The molecule has 2 aromatic heterocycles. The van der Waals surface area contributed by atoms with Gasteiger partial charge in [-0.3, -0.25) is 14.5 Å². The maximum absolute atomic E-state index is 12.8. The molecule has 10 heteroatoms. The van der Waals surface area contributed by atoms with Gasteiger partial charge in [0.1, 0.15) is 6.54 Å². The molecule has 0 unspecified atom stereocenters. The van der Waals surface area contributed by atoms with Gasteiger partial charge in [-0.15, -0.1) is 11.3 Å². The Morgan fingerprint density at radius 3 is 2.54 bits per heavy atom. The Bertz CT molecular complexity index is 885. The highest BCUT2D eigenvalue weighted by Gasteiger charge is 2.31. The van der Waals surface area contributed by atoms with Crippen LogP contribution in [0.4, 0.5) is 13.2 Å². The number of piperazine rings is 1. The van der Waals surface area contributed by atoms with Crippen LogP contribution < -0.4 is 5.56 Å². The van der Waals surface area contributed by atoms with Gasteiger partial charge in [-0.1, -0.05) is 6.92 Å². The lowest BCUT2D eigenvalue weighted by molar-refractivity contribution is -0.139. The molecule has 0 aliphatic carbocycles. The summed E-state index contributed by atoms with van der Waals surface area (Å²) < 4.78 is 39.3. The van der Waals surface area contributed by atoms with Crippen molar-refractivity contribution < 1.29 is 18.0 Å². The van der Waals surface area contributed by atoms with Crippen molar-refractivity contribution in [2.45, 2.75) is 32.6 Å². The largest absolute Gasteiger partial charge is 0.417 e. The zero-order chi connectivity index (χ0) is 20.3. The molecule has 3 heterocycles. The van der Waals surface area contributed by atoms with E-state index < -0.39 is 23.8 Å². The predicted molar refractivity (Wildman–Crippen MR) is 99.1 cm³/mol. The minimum absolute atomic E-state index is 0.358. The Morgan fingerprint density at radius 1 is 1.21 bits per heavy atom. The number of thiazole rings is 1. The molecule has 152 valence electrons. The van der Waals surface area contributed by atoms with E-state index in [4.69, 9.17) is 0 Å². The van der Waals surface area contributed by atoms with E-state index in [2.05, 4.69) is 16.8 Å². The van der Waals surface area contributed by atoms with Crippen LogP contribution in [0.15, 0.2) is 28.5 Å². The molecule has 0 atom stereocenters. The van der Waals surface area contributed by atoms with Crippen molar-refractivity contribution in [2.75, 3.05) is 26.2 Å². The Labute approximate surface area is 164 Å². The minimum Gasteiger partial charge on any atom is -0.339 e. The zero-order valence-electron chi connectivity index (χ0n) is 15.4. The van der Waals surface area contributed by atoms with Crippen LogP contribution in [0.5, 0.6) is 0 Å². The molecule has 0 N–H and O–H groups in total. The number of nitrogens with zero attached hydrogens (tertiary/aromatic N) is 4. The molecule has 28 heavy (non-hydrogen) atoms. The van der Waals surface area contributed by atoms with E-state index in [0.717, 1.165) is 33.8 Å². The van der Waals surface area contributed by atoms with Crippen molar-refractivity contribution in [3.05, 3.63) is 50.3 Å². The summed E-state index contributed by atoms with van der Waals surface area (Å²) in [6.45, 7) is 4.63. The first-order chi connectivity index (χ1) is 13.3. The molecule has 0 aromatic carbocycles. The second-order valence-corrected chi connectivity index (χ2v) is 7.57. The highest BCUT2D eigenvalue weighted by molar-refractivity contribution is 7.09. The van der Waals surface area contributed by atoms with E-state index >= 15 is 0 Å². The first-order valence-electron chi connectivity index (χ1n) is 8.97. The highest BCUT2D eigenvalue weighted by Crippen LogP contribution is 2.28. The molecule has 6 nitrogen and oxygen atoms in total. The fraction of sp³-hybridized carbons (Fsp3) is 0.500. The summed E-state index contributed by atoms with van der Waals surface area (Å²) in [7, 11) is 0. The lowest BCUT2D eigenvalue weighted by Gasteiger charge is -2.34. The van der Waals surface area contributed by atoms with E-state index in [1.807, 2.05) is 5.38 Å². The number of carbonyl (C=O) groups excluding carboxylic acids is 1. The third-order valence-electron chi connectivity index (χ3n) is 4.63. The van der Waals surface area contributed by atoms with Gasteiger partial charge >= 0.3 is 6.18 Å². The van der Waals surface area contributed by atoms with Crippen LogP contribution in [0.3, 0.4) is 0 Å². The second-order valence-electron chi connectivity index (χ2n) is 6.62. The maximum atomic E-state index is 12.8. The lowest BCUT2D eigenvalue weighted by Crippen LogP contribution is -2.49. The Balaban J connectivity index is 1.56. The Kier molecular flexibility index (Phi) is 6.19. The molecule has 3 rings (SSSR count). The third-order valence-corrected chi connectivity index (χ3v) is 5.67. The normalized spacial score (nSPS) is 15.8. The summed E-state index contributed by atoms with van der Waals surface area (Å²) in [5.74, 6) is -0.358. The monoisotopic (exact) mass is 414 g/mol. The van der Waals surface area contributed by atoms with Gasteiger partial charge in [-0.25, -0.2) is 4.98 Å². The van der Waals surface area contributed by atoms with Gasteiger partial charge in [0, 0.05) is 50.4 Å². The number of rotatable bonds is 5. The summed E-state index contributed by atoms with van der Waals surface area (Å²) in [4.78, 5) is 32.6. The first-order valence-corrected chi connectivity index (χ1v) is 9.85. The molecule has 0 bridgehead atoms. The average Bonchev–Trinajstić information content (AvgIpc) is 3.10. The zero-order valence-corrected chi connectivity index (χ0v) is 16.2. The van der Waals surface area contributed by atoms with Crippen molar-refractivity contribution in [1.29, 1.82) is 0 Å². The number of aromatic nitrogens is 2. The van der Waals surface area contributed by atoms with Crippen molar-refractivity contribution in [1.82, 2.24) is 19.4 Å². The van der Waals surface area contributed by atoms with Gasteiger partial charge in [0.15, 0.2) is 0 Å². The number of hydrogen-bond donors (Lipinski definition) is 0. The van der Waals surface area contributed by atoms with Gasteiger partial charge in [0.2, 0.25) is 5.91 Å². The summed E-state index contributed by atoms with van der Waals surface area (Å²) >= 11 is 1.63. The van der Waals surface area contributed by atoms with Crippen molar-refractivity contribution in [2.24, 2.45) is 0 Å². The first kappa shape index (κ1) is 20.5. The van der Waals surface area contributed by atoms with E-state index in [0.29, 0.717) is 38.9 Å². The number of hydrogen-bond acceptors (Lipinski definition) is 5. The van der Waals surface area contributed by atoms with E-state index in [1.165, 1.54) is 0 Å². The van der Waals surface area contributed by atoms with Crippen molar-refractivity contribution in [3.8, 4) is 0 Å². The second kappa shape index (κ2) is 8.44. The SMILES string of the molecule is CCc1nc(CN2CCN(C(=O)Cn3cc(C(F)(F)F)ccc3=O)CC2)cs1. The molecule has 0 saturated carbocycles. The molecule has 1 aliphatic rings. The van der Waals surface area contributed by atoms with Crippen LogP contribution in [-0.2, 0) is 30.5 Å².